The van der Waals surface area contributed by atoms with Crippen molar-refractivity contribution >= 4 is 28.8 Å². The van der Waals surface area contributed by atoms with Crippen LogP contribution in [0.15, 0.2) is 77.7 Å². The highest BCUT2D eigenvalue weighted by Crippen LogP contribution is 2.46. The lowest BCUT2D eigenvalue weighted by molar-refractivity contribution is 0.414. The van der Waals surface area contributed by atoms with Crippen molar-refractivity contribution in [2.24, 2.45) is 0 Å². The van der Waals surface area contributed by atoms with Crippen molar-refractivity contribution in [2.75, 3.05) is 38.5 Å². The number of hydrogen-bond acceptors (Lipinski definition) is 5. The van der Waals surface area contributed by atoms with E-state index in [1.165, 1.54) is 11.3 Å². The van der Waals surface area contributed by atoms with Crippen molar-refractivity contribution in [3.8, 4) is 11.5 Å². The van der Waals surface area contributed by atoms with Gasteiger partial charge in [-0.05, 0) is 71.8 Å². The molecule has 0 saturated carbocycles. The van der Waals surface area contributed by atoms with Crippen LogP contribution in [-0.4, -0.2) is 28.3 Å². The molecule has 4 rings (SSSR count). The van der Waals surface area contributed by atoms with Crippen LogP contribution in [0, 0.1) is 0 Å². The van der Waals surface area contributed by atoms with Crippen LogP contribution < -0.4 is 19.7 Å². The minimum Gasteiger partial charge on any atom is -0.497 e. The van der Waals surface area contributed by atoms with E-state index in [1.54, 1.807) is 14.2 Å². The van der Waals surface area contributed by atoms with Crippen molar-refractivity contribution in [1.82, 2.24) is 0 Å². The summed E-state index contributed by atoms with van der Waals surface area (Å²) in [5.41, 5.74) is 5.73. The molecule has 3 aromatic rings. The summed E-state index contributed by atoms with van der Waals surface area (Å²) in [7, 11) is 7.51. The summed E-state index contributed by atoms with van der Waals surface area (Å²) >= 11 is 1.82. The second-order valence-corrected chi connectivity index (χ2v) is 8.50. The molecule has 0 spiro atoms. The van der Waals surface area contributed by atoms with Gasteiger partial charge in [-0.1, -0.05) is 12.1 Å². The first-order valence-corrected chi connectivity index (χ1v) is 10.7. The zero-order valence-corrected chi connectivity index (χ0v) is 18.5. The smallest absolute Gasteiger partial charge is 0.120 e. The number of hydrogen-bond donors (Lipinski definition) is 1. The van der Waals surface area contributed by atoms with E-state index in [0.717, 1.165) is 33.3 Å². The Hall–Kier alpha value is -3.05. The molecule has 5 heteroatoms. The van der Waals surface area contributed by atoms with Crippen LogP contribution in [0.25, 0.3) is 5.70 Å². The normalized spacial score (nSPS) is 15.3. The van der Waals surface area contributed by atoms with Gasteiger partial charge in [-0.25, -0.2) is 0 Å². The standard InChI is InChI=1S/C25H26N2O2S/c1-27(2)19-9-5-18(6-10-19)24-16-23(17-7-11-20(28-3)12-8-17)26-22-14-13-21(29-4)15-25(22)30-24/h5-16,24,26H,1-4H3/t24-/m0/s1. The molecule has 1 atom stereocenters. The number of methoxy groups -OCH3 is 2. The molecule has 1 heterocycles. The maximum atomic E-state index is 5.46. The van der Waals surface area contributed by atoms with Gasteiger partial charge in [0, 0.05) is 30.4 Å². The van der Waals surface area contributed by atoms with E-state index in [1.807, 2.05) is 30.0 Å². The lowest BCUT2D eigenvalue weighted by Gasteiger charge is -2.16. The molecule has 154 valence electrons. The Kier molecular flexibility index (Phi) is 5.91. The molecule has 1 aliphatic rings. The Balaban J connectivity index is 1.76. The van der Waals surface area contributed by atoms with Gasteiger partial charge in [0.15, 0.2) is 0 Å². The van der Waals surface area contributed by atoms with Gasteiger partial charge in [-0.2, -0.15) is 0 Å². The van der Waals surface area contributed by atoms with Gasteiger partial charge in [0.1, 0.15) is 11.5 Å². The molecule has 0 radical (unpaired) electrons. The van der Waals surface area contributed by atoms with Crippen LogP contribution in [0.5, 0.6) is 11.5 Å². The predicted octanol–water partition coefficient (Wildman–Crippen LogP) is 6.07. The Labute approximate surface area is 182 Å². The minimum absolute atomic E-state index is 0.166. The molecular formula is C25H26N2O2S. The third-order valence-electron chi connectivity index (χ3n) is 5.17. The molecule has 0 unspecified atom stereocenters. The number of fused-ring (bicyclic) bond motifs is 1. The minimum atomic E-state index is 0.166. The summed E-state index contributed by atoms with van der Waals surface area (Å²) < 4.78 is 10.8. The summed E-state index contributed by atoms with van der Waals surface area (Å²) in [4.78, 5) is 3.28. The number of benzene rings is 3. The molecule has 0 aromatic heterocycles. The summed E-state index contributed by atoms with van der Waals surface area (Å²) in [6.07, 6.45) is 2.30. The topological polar surface area (TPSA) is 33.7 Å². The first-order valence-electron chi connectivity index (χ1n) is 9.82. The van der Waals surface area contributed by atoms with E-state index < -0.39 is 0 Å². The van der Waals surface area contributed by atoms with Gasteiger partial charge in [-0.15, -0.1) is 11.8 Å². The number of nitrogens with zero attached hydrogens (tertiary/aromatic N) is 1. The van der Waals surface area contributed by atoms with Crippen LogP contribution in [-0.2, 0) is 0 Å². The molecule has 3 aromatic carbocycles. The van der Waals surface area contributed by atoms with Crippen LogP contribution in [0.1, 0.15) is 16.4 Å². The van der Waals surface area contributed by atoms with E-state index in [4.69, 9.17) is 9.47 Å². The number of anilines is 2. The molecule has 30 heavy (non-hydrogen) atoms. The summed E-state index contributed by atoms with van der Waals surface area (Å²) in [6.45, 7) is 0. The van der Waals surface area contributed by atoms with Gasteiger partial charge in [0.05, 0.1) is 25.2 Å². The number of rotatable bonds is 5. The van der Waals surface area contributed by atoms with Crippen LogP contribution in [0.4, 0.5) is 11.4 Å². The first kappa shape index (κ1) is 20.2. The number of ether oxygens (including phenoxy) is 2. The summed E-state index contributed by atoms with van der Waals surface area (Å²) in [5.74, 6) is 1.71. The highest BCUT2D eigenvalue weighted by Gasteiger charge is 2.20. The van der Waals surface area contributed by atoms with E-state index in [2.05, 4.69) is 78.9 Å². The largest absolute Gasteiger partial charge is 0.497 e. The third-order valence-corrected chi connectivity index (χ3v) is 6.42. The van der Waals surface area contributed by atoms with Gasteiger partial charge in [-0.3, -0.25) is 0 Å². The van der Waals surface area contributed by atoms with Gasteiger partial charge in [0.25, 0.3) is 0 Å². The Morgan fingerprint density at radius 3 is 2.13 bits per heavy atom. The number of thioether (sulfide) groups is 1. The summed E-state index contributed by atoms with van der Waals surface area (Å²) in [6, 6.07) is 23.1. The average Bonchev–Trinajstić information content (AvgIpc) is 2.98. The molecule has 0 bridgehead atoms. The molecule has 0 amide bonds. The fourth-order valence-electron chi connectivity index (χ4n) is 3.40. The zero-order valence-electron chi connectivity index (χ0n) is 17.7. The zero-order chi connectivity index (χ0) is 21.1. The lowest BCUT2D eigenvalue weighted by atomic mass is 10.1. The first-order chi connectivity index (χ1) is 14.6. The summed E-state index contributed by atoms with van der Waals surface area (Å²) in [5, 5.41) is 3.80. The third kappa shape index (κ3) is 4.26. The molecule has 0 saturated heterocycles. The number of nitrogens with one attached hydrogen (secondary N) is 1. The average molecular weight is 419 g/mol. The Morgan fingerprint density at radius 2 is 1.50 bits per heavy atom. The second kappa shape index (κ2) is 8.76. The van der Waals surface area contributed by atoms with Crippen LogP contribution >= 0.6 is 11.8 Å². The maximum Gasteiger partial charge on any atom is 0.120 e. The molecule has 0 aliphatic carbocycles. The highest BCUT2D eigenvalue weighted by atomic mass is 32.2. The molecule has 1 aliphatic heterocycles. The van der Waals surface area contributed by atoms with Crippen molar-refractivity contribution in [3.63, 3.8) is 0 Å². The van der Waals surface area contributed by atoms with Gasteiger partial charge < -0.3 is 19.7 Å². The van der Waals surface area contributed by atoms with Crippen LogP contribution in [0.2, 0.25) is 0 Å². The van der Waals surface area contributed by atoms with E-state index in [-0.39, 0.29) is 5.25 Å². The van der Waals surface area contributed by atoms with Gasteiger partial charge >= 0.3 is 0 Å². The molecule has 4 nitrogen and oxygen atoms in total. The van der Waals surface area contributed by atoms with Crippen molar-refractivity contribution in [1.29, 1.82) is 0 Å². The van der Waals surface area contributed by atoms with E-state index in [0.29, 0.717) is 0 Å². The lowest BCUT2D eigenvalue weighted by Crippen LogP contribution is -2.08. The van der Waals surface area contributed by atoms with Crippen molar-refractivity contribution in [3.05, 3.63) is 83.9 Å². The molecule has 0 fully saturated rings. The fourth-order valence-corrected chi connectivity index (χ4v) is 4.61. The van der Waals surface area contributed by atoms with Gasteiger partial charge in [0.2, 0.25) is 0 Å². The fraction of sp³-hybridized carbons (Fsp3) is 0.200. The van der Waals surface area contributed by atoms with E-state index in [9.17, 15) is 0 Å². The SMILES string of the molecule is COc1ccc(C2=C[C@@H](c3ccc(N(C)C)cc3)Sc3cc(OC)ccc3N2)cc1. The van der Waals surface area contributed by atoms with Crippen molar-refractivity contribution < 1.29 is 9.47 Å². The highest BCUT2D eigenvalue weighted by molar-refractivity contribution is 7.99. The second-order valence-electron chi connectivity index (χ2n) is 7.32. The van der Waals surface area contributed by atoms with Crippen molar-refractivity contribution in [2.45, 2.75) is 10.1 Å². The molecular weight excluding hydrogens is 392 g/mol. The predicted molar refractivity (Wildman–Crippen MR) is 127 cm³/mol. The van der Waals surface area contributed by atoms with E-state index >= 15 is 0 Å². The maximum absolute atomic E-state index is 5.46. The van der Waals surface area contributed by atoms with Crippen LogP contribution in [0.3, 0.4) is 0 Å². The Morgan fingerprint density at radius 1 is 0.833 bits per heavy atom. The monoisotopic (exact) mass is 418 g/mol. The molecule has 1 N–H and O–H groups in total. The Bertz CT molecular complexity index is 1040. The quantitative estimate of drug-likeness (QED) is 0.544.